The number of allylic oxidation sites excluding steroid dienone is 4. The maximum absolute atomic E-state index is 6.52. The fourth-order valence-corrected chi connectivity index (χ4v) is 11.0. The number of fused-ring (bicyclic) bond motifs is 12. The van der Waals surface area contributed by atoms with Crippen LogP contribution in [0.1, 0.15) is 65.4 Å². The molecular formula is C59H41N5O. The summed E-state index contributed by atoms with van der Waals surface area (Å²) in [6.07, 6.45) is 9.39. The van der Waals surface area contributed by atoms with Gasteiger partial charge >= 0.3 is 0 Å². The Labute approximate surface area is 376 Å². The van der Waals surface area contributed by atoms with Crippen molar-refractivity contribution in [2.75, 3.05) is 0 Å². The van der Waals surface area contributed by atoms with E-state index in [4.69, 9.17) is 29.3 Å². The molecule has 3 heterocycles. The first-order valence-corrected chi connectivity index (χ1v) is 22.4. The number of hydrogen-bond donors (Lipinski definition) is 0. The Bertz CT molecular complexity index is 3570. The van der Waals surface area contributed by atoms with Gasteiger partial charge < -0.3 is 4.42 Å². The third-order valence-corrected chi connectivity index (χ3v) is 13.9. The molecule has 1 atom stereocenters. The van der Waals surface area contributed by atoms with Gasteiger partial charge in [-0.25, -0.2) is 24.9 Å². The molecule has 65 heavy (non-hydrogen) atoms. The number of hydrogen-bond acceptors (Lipinski definition) is 6. The third kappa shape index (κ3) is 5.50. The summed E-state index contributed by atoms with van der Waals surface area (Å²) < 4.78 is 6.52. The summed E-state index contributed by atoms with van der Waals surface area (Å²) in [4.78, 5) is 26.6. The molecule has 1 unspecified atom stereocenters. The number of para-hydroxylation sites is 1. The van der Waals surface area contributed by atoms with E-state index < -0.39 is 5.41 Å². The van der Waals surface area contributed by atoms with Crippen molar-refractivity contribution in [2.24, 2.45) is 0 Å². The predicted octanol–water partition coefficient (Wildman–Crippen LogP) is 13.8. The minimum atomic E-state index is -0.641. The Kier molecular flexibility index (Phi) is 8.19. The van der Waals surface area contributed by atoms with Crippen molar-refractivity contribution >= 4 is 22.1 Å². The summed E-state index contributed by atoms with van der Waals surface area (Å²) in [7, 11) is 0. The summed E-state index contributed by atoms with van der Waals surface area (Å²) in [6, 6.07) is 60.3. The van der Waals surface area contributed by atoms with Crippen molar-refractivity contribution in [1.29, 1.82) is 0 Å². The summed E-state index contributed by atoms with van der Waals surface area (Å²) in [5.74, 6) is 2.71. The quantitative estimate of drug-likeness (QED) is 0.172. The first kappa shape index (κ1) is 37.5. The molecule has 3 aliphatic carbocycles. The monoisotopic (exact) mass is 835 g/mol. The van der Waals surface area contributed by atoms with Crippen LogP contribution in [0.2, 0.25) is 0 Å². The van der Waals surface area contributed by atoms with E-state index in [1.807, 2.05) is 54.6 Å². The van der Waals surface area contributed by atoms with Crippen LogP contribution >= 0.6 is 0 Å². The van der Waals surface area contributed by atoms with E-state index in [0.717, 1.165) is 67.8 Å². The average Bonchev–Trinajstić information content (AvgIpc) is 3.90. The van der Waals surface area contributed by atoms with Gasteiger partial charge in [0.15, 0.2) is 23.1 Å². The number of furan rings is 1. The van der Waals surface area contributed by atoms with Crippen LogP contribution in [0.15, 0.2) is 199 Å². The summed E-state index contributed by atoms with van der Waals surface area (Å²) in [5, 5.41) is 0.956. The minimum Gasteiger partial charge on any atom is -0.452 e. The number of rotatable bonds is 5. The normalized spacial score (nSPS) is 16.1. The van der Waals surface area contributed by atoms with Crippen LogP contribution in [0.3, 0.4) is 0 Å². The van der Waals surface area contributed by atoms with Crippen molar-refractivity contribution in [2.45, 2.75) is 37.0 Å². The summed E-state index contributed by atoms with van der Waals surface area (Å²) >= 11 is 0. The van der Waals surface area contributed by atoms with E-state index in [2.05, 4.69) is 153 Å². The van der Waals surface area contributed by atoms with E-state index >= 15 is 0 Å². The number of aromatic nitrogens is 5. The van der Waals surface area contributed by atoms with Gasteiger partial charge in [-0.05, 0) is 69.1 Å². The van der Waals surface area contributed by atoms with Crippen molar-refractivity contribution in [3.05, 3.63) is 233 Å². The molecule has 7 aromatic carbocycles. The first-order chi connectivity index (χ1) is 32.0. The maximum Gasteiger partial charge on any atom is 0.180 e. The van der Waals surface area contributed by atoms with Crippen LogP contribution in [0.5, 0.6) is 0 Å². The molecule has 0 saturated heterocycles. The number of benzene rings is 7. The Hall–Kier alpha value is -8.09. The van der Waals surface area contributed by atoms with E-state index in [1.165, 1.54) is 33.4 Å². The fourth-order valence-electron chi connectivity index (χ4n) is 11.0. The van der Waals surface area contributed by atoms with E-state index in [1.54, 1.807) is 0 Å². The summed E-state index contributed by atoms with van der Waals surface area (Å²) in [5.41, 5.74) is 15.7. The zero-order valence-electron chi connectivity index (χ0n) is 35.9. The molecule has 0 aliphatic heterocycles. The molecule has 1 spiro atoms. The van der Waals surface area contributed by atoms with Gasteiger partial charge in [0, 0.05) is 39.0 Å². The topological polar surface area (TPSA) is 77.6 Å². The van der Waals surface area contributed by atoms with Gasteiger partial charge in [-0.3, -0.25) is 0 Å². The molecule has 0 amide bonds. The van der Waals surface area contributed by atoms with Crippen LogP contribution < -0.4 is 0 Å². The van der Waals surface area contributed by atoms with E-state index in [9.17, 15) is 0 Å². The first-order valence-electron chi connectivity index (χ1n) is 22.4. The van der Waals surface area contributed by atoms with Crippen LogP contribution in [-0.2, 0) is 10.8 Å². The average molecular weight is 836 g/mol. The SMILES string of the molecule is CC1(C)c2ccccc2C2(c3ccc(-c4nc(-c5ccccc5)c5oc6ccccc6c5n4)cc3-c3c(-c4nc(-c5ccccc5)nc(C5C=CC=CC5)n4)cccc32)c2ccccc21. The van der Waals surface area contributed by atoms with Crippen molar-refractivity contribution in [3.8, 4) is 56.5 Å². The summed E-state index contributed by atoms with van der Waals surface area (Å²) in [6.45, 7) is 4.72. The van der Waals surface area contributed by atoms with Gasteiger partial charge in [0.25, 0.3) is 0 Å². The molecule has 308 valence electrons. The van der Waals surface area contributed by atoms with Crippen LogP contribution in [0, 0.1) is 0 Å². The Morgan fingerprint density at radius 1 is 0.492 bits per heavy atom. The molecule has 0 bridgehead atoms. The van der Waals surface area contributed by atoms with Crippen molar-refractivity contribution < 1.29 is 4.42 Å². The smallest absolute Gasteiger partial charge is 0.180 e. The van der Waals surface area contributed by atoms with Gasteiger partial charge in [0.2, 0.25) is 0 Å². The van der Waals surface area contributed by atoms with E-state index in [0.29, 0.717) is 23.1 Å². The zero-order valence-corrected chi connectivity index (χ0v) is 35.9. The lowest BCUT2D eigenvalue weighted by Gasteiger charge is -2.46. The van der Waals surface area contributed by atoms with Gasteiger partial charge in [-0.15, -0.1) is 0 Å². The zero-order chi connectivity index (χ0) is 43.3. The molecule has 0 saturated carbocycles. The van der Waals surface area contributed by atoms with Gasteiger partial charge in [-0.1, -0.05) is 190 Å². The molecule has 0 radical (unpaired) electrons. The molecule has 3 aromatic heterocycles. The van der Waals surface area contributed by atoms with Gasteiger partial charge in [0.1, 0.15) is 22.6 Å². The molecule has 6 nitrogen and oxygen atoms in total. The highest BCUT2D eigenvalue weighted by molar-refractivity contribution is 6.07. The van der Waals surface area contributed by atoms with Crippen molar-refractivity contribution in [1.82, 2.24) is 24.9 Å². The minimum absolute atomic E-state index is 0.0235. The van der Waals surface area contributed by atoms with Gasteiger partial charge in [-0.2, -0.15) is 0 Å². The predicted molar refractivity (Wildman–Crippen MR) is 260 cm³/mol. The van der Waals surface area contributed by atoms with Crippen LogP contribution in [-0.4, -0.2) is 24.9 Å². The number of nitrogens with zero attached hydrogens (tertiary/aromatic N) is 5. The lowest BCUT2D eigenvalue weighted by atomic mass is 9.55. The third-order valence-electron chi connectivity index (χ3n) is 13.9. The molecule has 13 rings (SSSR count). The molecule has 10 aromatic rings. The van der Waals surface area contributed by atoms with Crippen LogP contribution in [0.25, 0.3) is 78.6 Å². The second-order valence-electron chi connectivity index (χ2n) is 17.9. The Balaban J connectivity index is 1.12. The van der Waals surface area contributed by atoms with E-state index in [-0.39, 0.29) is 11.3 Å². The van der Waals surface area contributed by atoms with Gasteiger partial charge in [0.05, 0.1) is 5.41 Å². The molecule has 0 fully saturated rings. The van der Waals surface area contributed by atoms with Crippen LogP contribution in [0.4, 0.5) is 0 Å². The highest BCUT2D eigenvalue weighted by Crippen LogP contribution is 2.63. The second kappa shape index (κ2) is 14.2. The molecule has 3 aliphatic rings. The Morgan fingerprint density at radius 2 is 1.14 bits per heavy atom. The Morgan fingerprint density at radius 3 is 1.88 bits per heavy atom. The molecular weight excluding hydrogens is 795 g/mol. The highest BCUT2D eigenvalue weighted by atomic mass is 16.3. The van der Waals surface area contributed by atoms with Crippen molar-refractivity contribution in [3.63, 3.8) is 0 Å². The largest absolute Gasteiger partial charge is 0.452 e. The second-order valence-corrected chi connectivity index (χ2v) is 17.9. The molecule has 6 heteroatoms. The fraction of sp³-hybridized carbons (Fsp3) is 0.102. The highest BCUT2D eigenvalue weighted by Gasteiger charge is 2.54. The maximum atomic E-state index is 6.52. The lowest BCUT2D eigenvalue weighted by Crippen LogP contribution is -2.40. The molecule has 0 N–H and O–H groups in total. The lowest BCUT2D eigenvalue weighted by molar-refractivity contribution is 0.563. The standard InChI is InChI=1S/C59H41N5O/c1-58(2)44-27-13-15-29-46(44)59(47-30-16-14-28-45(47)58)43-34-33-39(56-60-51(36-19-6-3-7-20-36)53-52(61-56)40-25-12-17-32-49(40)65-53)35-42(43)50-41(26-18-31-48(50)59)57-63-54(37-21-8-4-9-22-37)62-55(64-57)38-23-10-5-11-24-38/h3-23,25-35,38H,24H2,1-2H3.